The van der Waals surface area contributed by atoms with Crippen molar-refractivity contribution < 1.29 is 23.9 Å². The number of halogens is 1. The number of esters is 2. The highest BCUT2D eigenvalue weighted by atomic mass is 35.5. The van der Waals surface area contributed by atoms with Gasteiger partial charge in [0.1, 0.15) is 23.4 Å². The summed E-state index contributed by atoms with van der Waals surface area (Å²) >= 11 is 6.29. The number of hydrogen-bond donors (Lipinski definition) is 3. The first kappa shape index (κ1) is 32.5. The lowest BCUT2D eigenvalue weighted by Crippen LogP contribution is -2.39. The molecular weight excluding hydrogens is 594 g/mol. The Morgan fingerprint density at radius 2 is 1.69 bits per heavy atom. The van der Waals surface area contributed by atoms with Crippen molar-refractivity contribution in [1.29, 1.82) is 0 Å². The topological polar surface area (TPSA) is 135 Å². The van der Waals surface area contributed by atoms with E-state index in [-0.39, 0.29) is 23.9 Å². The Morgan fingerprint density at radius 1 is 1.02 bits per heavy atom. The molecule has 4 atom stereocenters. The van der Waals surface area contributed by atoms with Gasteiger partial charge in [0.15, 0.2) is 0 Å². The Hall–Kier alpha value is -3.92. The number of carbonyl (C=O) groups is 3. The van der Waals surface area contributed by atoms with Crippen LogP contribution in [0.4, 0.5) is 5.95 Å². The quantitative estimate of drug-likeness (QED) is 0.232. The zero-order chi connectivity index (χ0) is 32.9. The van der Waals surface area contributed by atoms with Crippen molar-refractivity contribution in [3.8, 4) is 11.3 Å². The molecule has 1 aromatic carbocycles. The molecule has 240 valence electrons. The van der Waals surface area contributed by atoms with Gasteiger partial charge in [0, 0.05) is 35.8 Å². The minimum Gasteiger partial charge on any atom is -0.459 e. The van der Waals surface area contributed by atoms with Crippen LogP contribution in [-0.2, 0) is 24.6 Å². The molecular formula is C34H42ClN5O5. The number of anilines is 1. The van der Waals surface area contributed by atoms with Crippen LogP contribution < -0.4 is 10.6 Å². The first-order valence-corrected chi connectivity index (χ1v) is 15.7. The molecule has 45 heavy (non-hydrogen) atoms. The third-order valence-corrected chi connectivity index (χ3v) is 8.70. The molecule has 5 rings (SSSR count). The van der Waals surface area contributed by atoms with Crippen molar-refractivity contribution in [1.82, 2.24) is 20.3 Å². The SMILES string of the molecule is CC[C@]1(Nc2ncc(C)c(-c3c[nH]c(C(=O)NC4(c5cccc(Cl)c5)CC4OC(=O)C(C)(C)C)c3)n2)C[C@@H]1OC(=O)C(C)(C)C. The van der Waals surface area contributed by atoms with Gasteiger partial charge in [-0.2, -0.15) is 0 Å². The van der Waals surface area contributed by atoms with Gasteiger partial charge in [-0.3, -0.25) is 14.4 Å². The third kappa shape index (κ3) is 6.71. The fourth-order valence-electron chi connectivity index (χ4n) is 5.23. The molecule has 0 radical (unpaired) electrons. The zero-order valence-corrected chi connectivity index (χ0v) is 27.9. The van der Waals surface area contributed by atoms with Crippen LogP contribution in [0, 0.1) is 17.8 Å². The lowest BCUT2D eigenvalue weighted by atomic mass is 9.97. The molecule has 2 unspecified atom stereocenters. The molecule has 3 aromatic rings. The molecule has 2 aliphatic carbocycles. The minimum atomic E-state index is -0.901. The van der Waals surface area contributed by atoms with E-state index < -0.39 is 28.0 Å². The van der Waals surface area contributed by atoms with Gasteiger partial charge in [-0.25, -0.2) is 9.97 Å². The van der Waals surface area contributed by atoms with Crippen LogP contribution in [-0.4, -0.2) is 50.5 Å². The highest BCUT2D eigenvalue weighted by Crippen LogP contribution is 2.50. The lowest BCUT2D eigenvalue weighted by molar-refractivity contribution is -0.155. The summed E-state index contributed by atoms with van der Waals surface area (Å²) in [5.41, 5.74) is 0.694. The lowest BCUT2D eigenvalue weighted by Gasteiger charge is -2.22. The molecule has 2 aliphatic rings. The molecule has 2 fully saturated rings. The van der Waals surface area contributed by atoms with E-state index in [0.29, 0.717) is 40.8 Å². The molecule has 0 saturated heterocycles. The molecule has 0 spiro atoms. The number of H-pyrrole nitrogens is 1. The normalized spacial score (nSPS) is 24.0. The van der Waals surface area contributed by atoms with Crippen LogP contribution in [0.15, 0.2) is 42.7 Å². The molecule has 2 saturated carbocycles. The Morgan fingerprint density at radius 3 is 2.31 bits per heavy atom. The minimum absolute atomic E-state index is 0.240. The van der Waals surface area contributed by atoms with E-state index in [1.54, 1.807) is 51.4 Å². The predicted molar refractivity (Wildman–Crippen MR) is 172 cm³/mol. The second-order valence-corrected chi connectivity index (χ2v) is 14.7. The second kappa shape index (κ2) is 11.5. The average Bonchev–Trinajstić information content (AvgIpc) is 3.76. The Balaban J connectivity index is 1.33. The number of aromatic nitrogens is 3. The maximum atomic E-state index is 13.6. The number of aromatic amines is 1. The number of nitrogens with one attached hydrogen (secondary N) is 3. The summed E-state index contributed by atoms with van der Waals surface area (Å²) < 4.78 is 11.6. The molecule has 1 amide bonds. The van der Waals surface area contributed by atoms with Gasteiger partial charge in [0.05, 0.1) is 22.1 Å². The number of carbonyl (C=O) groups excluding carboxylic acids is 3. The van der Waals surface area contributed by atoms with Gasteiger partial charge in [0.25, 0.3) is 5.91 Å². The fourth-order valence-corrected chi connectivity index (χ4v) is 5.42. The van der Waals surface area contributed by atoms with Crippen molar-refractivity contribution in [3.63, 3.8) is 0 Å². The van der Waals surface area contributed by atoms with Gasteiger partial charge >= 0.3 is 11.9 Å². The van der Waals surface area contributed by atoms with Crippen LogP contribution in [0.25, 0.3) is 11.3 Å². The van der Waals surface area contributed by atoms with E-state index in [0.717, 1.165) is 17.5 Å². The summed E-state index contributed by atoms with van der Waals surface area (Å²) in [4.78, 5) is 51.1. The van der Waals surface area contributed by atoms with Crippen LogP contribution >= 0.6 is 11.6 Å². The largest absolute Gasteiger partial charge is 0.459 e. The van der Waals surface area contributed by atoms with Crippen LogP contribution in [0.1, 0.15) is 89.3 Å². The van der Waals surface area contributed by atoms with Crippen molar-refractivity contribution in [2.24, 2.45) is 10.8 Å². The number of benzene rings is 1. The molecule has 0 bridgehead atoms. The fraction of sp³-hybridized carbons (Fsp3) is 0.500. The van der Waals surface area contributed by atoms with Gasteiger partial charge in [-0.1, -0.05) is 30.7 Å². The summed E-state index contributed by atoms with van der Waals surface area (Å²) in [5, 5.41) is 7.04. The highest BCUT2D eigenvalue weighted by Gasteiger charge is 2.60. The standard InChI is InChI=1S/C34H42ClN5O5/c1-9-33(15-24(33)44-28(42)31(3,4)5)40-30-37-17-19(2)26(38-30)20-13-23(36-18-20)27(41)39-34(21-11-10-12-22(35)14-21)16-25(34)45-29(43)32(6,7)8/h10-14,17-18,24-25,36H,9,15-16H2,1-8H3,(H,39,41)(H,37,38,40)/t24-,25?,33-,34?/m0/s1. The predicted octanol–water partition coefficient (Wildman–Crippen LogP) is 6.34. The number of nitrogens with zero attached hydrogens (tertiary/aromatic N) is 2. The van der Waals surface area contributed by atoms with Gasteiger partial charge in [-0.05, 0) is 84.2 Å². The van der Waals surface area contributed by atoms with E-state index in [1.807, 2.05) is 46.8 Å². The maximum absolute atomic E-state index is 13.6. The molecule has 3 N–H and O–H groups in total. The summed E-state index contributed by atoms with van der Waals surface area (Å²) in [6.45, 7) is 14.8. The Kier molecular flexibility index (Phi) is 8.27. The number of rotatable bonds is 9. The van der Waals surface area contributed by atoms with Gasteiger partial charge in [-0.15, -0.1) is 0 Å². The maximum Gasteiger partial charge on any atom is 0.311 e. The third-order valence-electron chi connectivity index (χ3n) is 8.47. The van der Waals surface area contributed by atoms with E-state index in [9.17, 15) is 14.4 Å². The first-order valence-electron chi connectivity index (χ1n) is 15.3. The van der Waals surface area contributed by atoms with E-state index >= 15 is 0 Å². The smallest absolute Gasteiger partial charge is 0.311 e. The summed E-state index contributed by atoms with van der Waals surface area (Å²) in [7, 11) is 0. The molecule has 2 heterocycles. The van der Waals surface area contributed by atoms with Gasteiger partial charge < -0.3 is 25.1 Å². The van der Waals surface area contributed by atoms with Gasteiger partial charge in [0.2, 0.25) is 5.95 Å². The average molecular weight is 636 g/mol. The van der Waals surface area contributed by atoms with Crippen molar-refractivity contribution >= 4 is 35.4 Å². The van der Waals surface area contributed by atoms with E-state index in [4.69, 9.17) is 26.1 Å². The monoisotopic (exact) mass is 635 g/mol. The van der Waals surface area contributed by atoms with Crippen LogP contribution in [0.5, 0.6) is 0 Å². The molecule has 2 aromatic heterocycles. The number of amides is 1. The van der Waals surface area contributed by atoms with E-state index in [2.05, 4.69) is 20.6 Å². The molecule has 11 heteroatoms. The van der Waals surface area contributed by atoms with Crippen LogP contribution in [0.2, 0.25) is 5.02 Å². The summed E-state index contributed by atoms with van der Waals surface area (Å²) in [6.07, 6.45) is 4.50. The van der Waals surface area contributed by atoms with Crippen LogP contribution in [0.3, 0.4) is 0 Å². The summed E-state index contributed by atoms with van der Waals surface area (Å²) in [6, 6.07) is 8.95. The zero-order valence-electron chi connectivity index (χ0n) is 27.1. The van der Waals surface area contributed by atoms with Crippen molar-refractivity contribution in [2.75, 3.05) is 5.32 Å². The number of hydrogen-bond acceptors (Lipinski definition) is 8. The summed E-state index contributed by atoms with van der Waals surface area (Å²) in [5.74, 6) is -0.520. The number of aryl methyl sites for hydroxylation is 1. The van der Waals surface area contributed by atoms with E-state index in [1.165, 1.54) is 0 Å². The highest BCUT2D eigenvalue weighted by molar-refractivity contribution is 6.30. The number of ether oxygens (including phenoxy) is 2. The Bertz CT molecular complexity index is 1640. The van der Waals surface area contributed by atoms with Crippen molar-refractivity contribution in [2.45, 2.75) is 97.9 Å². The first-order chi connectivity index (χ1) is 21.0. The second-order valence-electron chi connectivity index (χ2n) is 14.3. The molecule has 10 nitrogen and oxygen atoms in total. The molecule has 0 aliphatic heterocycles. The Labute approximate surface area is 269 Å². The van der Waals surface area contributed by atoms with Crippen molar-refractivity contribution in [3.05, 3.63) is 64.6 Å².